The molecule has 0 saturated carbocycles. The van der Waals surface area contributed by atoms with Gasteiger partial charge in [0.05, 0.1) is 20.3 Å². The minimum atomic E-state index is 0.0999. The number of carbonyl (C=O) groups excluding carboxylic acids is 1. The van der Waals surface area contributed by atoms with Gasteiger partial charge < -0.3 is 14.8 Å². The van der Waals surface area contributed by atoms with E-state index in [2.05, 4.69) is 23.5 Å². The molecule has 0 aromatic heterocycles. The van der Waals surface area contributed by atoms with Crippen molar-refractivity contribution in [1.82, 2.24) is 0 Å². The fraction of sp³-hybridized carbons (Fsp3) is 0.318. The zero-order valence-electron chi connectivity index (χ0n) is 15.3. The lowest BCUT2D eigenvalue weighted by Crippen LogP contribution is -2.29. The third-order valence-electron chi connectivity index (χ3n) is 5.54. The molecule has 0 fully saturated rings. The molecule has 0 spiro atoms. The Hall–Kier alpha value is -2.75. The molecule has 4 nitrogen and oxygen atoms in total. The molecule has 1 N–H and O–H groups in total. The van der Waals surface area contributed by atoms with Crippen LogP contribution in [0.3, 0.4) is 0 Å². The summed E-state index contributed by atoms with van der Waals surface area (Å²) in [7, 11) is 3.34. The number of Topliss-reactive ketones (excluding diaryl/α,β-unsaturated/α-hetero) is 1. The average Bonchev–Trinajstić information content (AvgIpc) is 3.16. The number of benzene rings is 2. The molecule has 2 aliphatic rings. The van der Waals surface area contributed by atoms with E-state index in [1.165, 1.54) is 5.56 Å². The minimum absolute atomic E-state index is 0.0999. The maximum atomic E-state index is 11.8. The Balaban J connectivity index is 1.81. The highest BCUT2D eigenvalue weighted by atomic mass is 16.5. The molecule has 0 unspecified atom stereocenters. The molecular formula is C22H23NO3. The third-order valence-corrected chi connectivity index (χ3v) is 5.54. The molecule has 0 amide bonds. The van der Waals surface area contributed by atoms with Crippen molar-refractivity contribution < 1.29 is 14.3 Å². The van der Waals surface area contributed by atoms with Crippen molar-refractivity contribution in [3.8, 4) is 11.5 Å². The predicted molar refractivity (Wildman–Crippen MR) is 102 cm³/mol. The first kappa shape index (κ1) is 16.7. The summed E-state index contributed by atoms with van der Waals surface area (Å²) in [6.45, 7) is 1.61. The Labute approximate surface area is 153 Å². The Morgan fingerprint density at radius 2 is 1.96 bits per heavy atom. The molecule has 1 aliphatic heterocycles. The summed E-state index contributed by atoms with van der Waals surface area (Å²) in [5, 5.41) is 3.69. The fourth-order valence-electron chi connectivity index (χ4n) is 4.28. The predicted octanol–water partition coefficient (Wildman–Crippen LogP) is 4.73. The van der Waals surface area contributed by atoms with Crippen molar-refractivity contribution >= 4 is 11.5 Å². The Morgan fingerprint density at radius 1 is 1.12 bits per heavy atom. The molecule has 1 heterocycles. The van der Waals surface area contributed by atoms with Crippen LogP contribution in [0.2, 0.25) is 0 Å². The van der Waals surface area contributed by atoms with E-state index in [0.29, 0.717) is 11.8 Å². The van der Waals surface area contributed by atoms with Crippen LogP contribution >= 0.6 is 0 Å². The molecule has 26 heavy (non-hydrogen) atoms. The SMILES string of the molecule is COc1cccc([C@H]2Nc3ccc(C(C)=O)cc3[C@@H]3C=CC[C@@H]23)c1OC. The number of nitrogens with one attached hydrogen (secondary N) is 1. The molecule has 0 saturated heterocycles. The molecule has 3 atom stereocenters. The van der Waals surface area contributed by atoms with Gasteiger partial charge in [0, 0.05) is 22.7 Å². The van der Waals surface area contributed by atoms with Crippen LogP contribution in [-0.4, -0.2) is 20.0 Å². The van der Waals surface area contributed by atoms with Crippen molar-refractivity contribution in [2.75, 3.05) is 19.5 Å². The second-order valence-electron chi connectivity index (χ2n) is 6.92. The van der Waals surface area contributed by atoms with Crippen molar-refractivity contribution in [1.29, 1.82) is 0 Å². The van der Waals surface area contributed by atoms with E-state index in [1.807, 2.05) is 30.3 Å². The van der Waals surface area contributed by atoms with Gasteiger partial charge in [-0.2, -0.15) is 0 Å². The third kappa shape index (κ3) is 2.57. The van der Waals surface area contributed by atoms with E-state index in [1.54, 1.807) is 21.1 Å². The highest BCUT2D eigenvalue weighted by Crippen LogP contribution is 2.52. The van der Waals surface area contributed by atoms with Crippen LogP contribution < -0.4 is 14.8 Å². The van der Waals surface area contributed by atoms with Gasteiger partial charge in [0.25, 0.3) is 0 Å². The van der Waals surface area contributed by atoms with E-state index in [-0.39, 0.29) is 11.8 Å². The summed E-state index contributed by atoms with van der Waals surface area (Å²) in [4.78, 5) is 11.8. The highest BCUT2D eigenvalue weighted by molar-refractivity contribution is 5.95. The second-order valence-corrected chi connectivity index (χ2v) is 6.92. The van der Waals surface area contributed by atoms with Gasteiger partial charge in [0.2, 0.25) is 0 Å². The monoisotopic (exact) mass is 349 g/mol. The van der Waals surface area contributed by atoms with Gasteiger partial charge in [-0.05, 0) is 49.1 Å². The van der Waals surface area contributed by atoms with Crippen LogP contribution in [0, 0.1) is 5.92 Å². The quantitative estimate of drug-likeness (QED) is 0.640. The summed E-state index contributed by atoms with van der Waals surface area (Å²) in [5.41, 5.74) is 4.15. The topological polar surface area (TPSA) is 47.6 Å². The summed E-state index contributed by atoms with van der Waals surface area (Å²) >= 11 is 0. The van der Waals surface area contributed by atoms with Gasteiger partial charge in [-0.25, -0.2) is 0 Å². The Kier molecular flexibility index (Phi) is 4.19. The number of fused-ring (bicyclic) bond motifs is 3. The first-order valence-corrected chi connectivity index (χ1v) is 8.93. The zero-order chi connectivity index (χ0) is 18.3. The molecule has 134 valence electrons. The van der Waals surface area contributed by atoms with Crippen LogP contribution in [0.5, 0.6) is 11.5 Å². The van der Waals surface area contributed by atoms with E-state index in [9.17, 15) is 4.79 Å². The number of rotatable bonds is 4. The van der Waals surface area contributed by atoms with E-state index in [4.69, 9.17) is 9.47 Å². The van der Waals surface area contributed by atoms with Gasteiger partial charge in [0.1, 0.15) is 0 Å². The number of ether oxygens (including phenoxy) is 2. The van der Waals surface area contributed by atoms with Crippen molar-refractivity contribution in [2.24, 2.45) is 5.92 Å². The zero-order valence-corrected chi connectivity index (χ0v) is 15.3. The van der Waals surface area contributed by atoms with Crippen LogP contribution in [0.15, 0.2) is 48.6 Å². The summed E-state index contributed by atoms with van der Waals surface area (Å²) < 4.78 is 11.2. The number of ketones is 1. The lowest BCUT2D eigenvalue weighted by molar-refractivity contribution is 0.101. The maximum absolute atomic E-state index is 11.8. The van der Waals surface area contributed by atoms with Gasteiger partial charge >= 0.3 is 0 Å². The second kappa shape index (κ2) is 6.52. The normalized spacial score (nSPS) is 23.0. The van der Waals surface area contributed by atoms with Gasteiger partial charge in [-0.1, -0.05) is 24.3 Å². The van der Waals surface area contributed by atoms with Crippen molar-refractivity contribution in [3.63, 3.8) is 0 Å². The summed E-state index contributed by atoms with van der Waals surface area (Å²) in [6, 6.07) is 12.1. The lowest BCUT2D eigenvalue weighted by atomic mass is 9.76. The molecule has 4 rings (SSSR count). The highest BCUT2D eigenvalue weighted by Gasteiger charge is 2.39. The molecule has 2 aromatic rings. The van der Waals surface area contributed by atoms with Gasteiger partial charge in [0.15, 0.2) is 17.3 Å². The van der Waals surface area contributed by atoms with Gasteiger partial charge in [-0.15, -0.1) is 0 Å². The number of hydrogen-bond donors (Lipinski definition) is 1. The number of hydrogen-bond acceptors (Lipinski definition) is 4. The Bertz CT molecular complexity index is 887. The maximum Gasteiger partial charge on any atom is 0.165 e. The van der Waals surface area contributed by atoms with Crippen molar-refractivity contribution in [3.05, 3.63) is 65.2 Å². The molecular weight excluding hydrogens is 326 g/mol. The number of methoxy groups -OCH3 is 2. The van der Waals surface area contributed by atoms with Crippen LogP contribution in [-0.2, 0) is 0 Å². The average molecular weight is 349 g/mol. The van der Waals surface area contributed by atoms with Gasteiger partial charge in [-0.3, -0.25) is 4.79 Å². The minimum Gasteiger partial charge on any atom is -0.493 e. The molecule has 2 aromatic carbocycles. The van der Waals surface area contributed by atoms with Crippen LogP contribution in [0.25, 0.3) is 0 Å². The number of carbonyl (C=O) groups is 1. The fourth-order valence-corrected chi connectivity index (χ4v) is 4.28. The van der Waals surface area contributed by atoms with Crippen LogP contribution in [0.1, 0.15) is 46.8 Å². The van der Waals surface area contributed by atoms with Crippen molar-refractivity contribution in [2.45, 2.75) is 25.3 Å². The summed E-state index contributed by atoms with van der Waals surface area (Å²) in [6.07, 6.45) is 5.51. The lowest BCUT2D eigenvalue weighted by Gasteiger charge is -2.38. The largest absolute Gasteiger partial charge is 0.493 e. The van der Waals surface area contributed by atoms with E-state index < -0.39 is 0 Å². The van der Waals surface area contributed by atoms with E-state index >= 15 is 0 Å². The number of para-hydroxylation sites is 1. The molecule has 0 radical (unpaired) electrons. The first-order valence-electron chi connectivity index (χ1n) is 8.93. The first-order chi connectivity index (χ1) is 12.6. The van der Waals surface area contributed by atoms with E-state index in [0.717, 1.165) is 34.7 Å². The van der Waals surface area contributed by atoms with Crippen LogP contribution in [0.4, 0.5) is 5.69 Å². The number of allylic oxidation sites excluding steroid dienone is 2. The molecule has 0 bridgehead atoms. The number of anilines is 1. The molecule has 4 heteroatoms. The molecule has 1 aliphatic carbocycles. The summed E-state index contributed by atoms with van der Waals surface area (Å²) in [5.74, 6) is 2.30. The standard InChI is InChI=1S/C22H23NO3/c1-13(24)14-10-11-19-18(12-14)15-6-4-7-16(15)21(23-19)17-8-5-9-20(25-2)22(17)26-3/h4-6,8-12,15-16,21,23H,7H2,1-3H3/t15-,16-,21+/m1/s1. The Morgan fingerprint density at radius 3 is 2.69 bits per heavy atom. The smallest absolute Gasteiger partial charge is 0.165 e.